The Balaban J connectivity index is 1.77. The molecule has 0 saturated heterocycles. The number of carbonyl (C=O) groups excluding carboxylic acids is 2. The van der Waals surface area contributed by atoms with E-state index in [0.717, 1.165) is 39.2 Å². The molecule has 1 aliphatic rings. The second kappa shape index (κ2) is 11.5. The summed E-state index contributed by atoms with van der Waals surface area (Å²) in [5.74, 6) is 0.936. The van der Waals surface area contributed by atoms with E-state index in [0.29, 0.717) is 18.3 Å². The van der Waals surface area contributed by atoms with Gasteiger partial charge >= 0.3 is 0 Å². The number of aromatic nitrogens is 2. The topological polar surface area (TPSA) is 67.2 Å². The number of anilines is 1. The number of nitrogens with zero attached hydrogens (tertiary/aromatic N) is 3. The van der Waals surface area contributed by atoms with Crippen LogP contribution in [0.5, 0.6) is 0 Å². The average molecular weight is 539 g/mol. The standard InChI is InChI=1S/C32H34N4O2S/c1-21(2)18-33-27(37)19-35-28(38)20-39-31(25-14-8-10-22(3)16-25)29-30(24-12-6-5-7-13-24)34-36(32(29)35)26-15-9-11-23(4)17-26/h5-17,21,31H,18-20H2,1-4H3,(H,33,37)/t31-/m0/s1. The zero-order valence-electron chi connectivity index (χ0n) is 22.8. The molecular weight excluding hydrogens is 504 g/mol. The van der Waals surface area contributed by atoms with Crippen molar-refractivity contribution in [3.63, 3.8) is 0 Å². The fourth-order valence-corrected chi connectivity index (χ4v) is 6.07. The van der Waals surface area contributed by atoms with Crippen LogP contribution in [0.1, 0.15) is 41.4 Å². The largest absolute Gasteiger partial charge is 0.354 e. The highest BCUT2D eigenvalue weighted by Crippen LogP contribution is 2.48. The number of amides is 2. The molecular formula is C32H34N4O2S. The molecule has 4 aromatic rings. The van der Waals surface area contributed by atoms with Crippen LogP contribution in [0.15, 0.2) is 78.9 Å². The fraction of sp³-hybridized carbons (Fsp3) is 0.281. The van der Waals surface area contributed by atoms with Crippen LogP contribution in [0.3, 0.4) is 0 Å². The van der Waals surface area contributed by atoms with E-state index in [9.17, 15) is 9.59 Å². The van der Waals surface area contributed by atoms with Crippen molar-refractivity contribution in [1.82, 2.24) is 15.1 Å². The molecule has 2 amide bonds. The van der Waals surface area contributed by atoms with E-state index < -0.39 is 0 Å². The summed E-state index contributed by atoms with van der Waals surface area (Å²) in [4.78, 5) is 28.5. The molecule has 5 rings (SSSR count). The number of nitrogens with one attached hydrogen (secondary N) is 1. The van der Waals surface area contributed by atoms with Crippen molar-refractivity contribution < 1.29 is 9.59 Å². The van der Waals surface area contributed by atoms with Crippen LogP contribution >= 0.6 is 11.8 Å². The molecule has 39 heavy (non-hydrogen) atoms. The van der Waals surface area contributed by atoms with Gasteiger partial charge in [0.25, 0.3) is 0 Å². The first-order valence-corrected chi connectivity index (χ1v) is 14.4. The van der Waals surface area contributed by atoms with Gasteiger partial charge in [-0.15, -0.1) is 11.8 Å². The summed E-state index contributed by atoms with van der Waals surface area (Å²) in [6, 6.07) is 26.6. The summed E-state index contributed by atoms with van der Waals surface area (Å²) in [5, 5.41) is 8.01. The first kappa shape index (κ1) is 26.8. The van der Waals surface area contributed by atoms with Crippen LogP contribution in [-0.4, -0.2) is 40.4 Å². The van der Waals surface area contributed by atoms with Gasteiger partial charge in [0.2, 0.25) is 11.8 Å². The SMILES string of the molecule is Cc1cccc([C@@H]2SCC(=O)N(CC(=O)NCC(C)C)c3c2c(-c2ccccc2)nn3-c2cccc(C)c2)c1. The van der Waals surface area contributed by atoms with Gasteiger partial charge in [0, 0.05) is 17.7 Å². The highest BCUT2D eigenvalue weighted by molar-refractivity contribution is 8.00. The minimum absolute atomic E-state index is 0.0641. The molecule has 1 aromatic heterocycles. The maximum absolute atomic E-state index is 13.8. The minimum Gasteiger partial charge on any atom is -0.354 e. The molecule has 0 bridgehead atoms. The van der Waals surface area contributed by atoms with Crippen molar-refractivity contribution in [1.29, 1.82) is 0 Å². The number of hydrogen-bond donors (Lipinski definition) is 1. The van der Waals surface area contributed by atoms with Crippen LogP contribution in [0.25, 0.3) is 16.9 Å². The van der Waals surface area contributed by atoms with Crippen LogP contribution < -0.4 is 10.2 Å². The van der Waals surface area contributed by atoms with Gasteiger partial charge in [-0.1, -0.05) is 86.1 Å². The average Bonchev–Trinajstić information content (AvgIpc) is 3.25. The Hall–Kier alpha value is -3.84. The fourth-order valence-electron chi connectivity index (χ4n) is 4.88. The van der Waals surface area contributed by atoms with Crippen LogP contribution in [0.2, 0.25) is 0 Å². The first-order chi connectivity index (χ1) is 18.8. The Morgan fingerprint density at radius 1 is 1.00 bits per heavy atom. The Kier molecular flexibility index (Phi) is 7.89. The third-order valence-corrected chi connectivity index (χ3v) is 7.99. The molecule has 6 nitrogen and oxygen atoms in total. The molecule has 0 unspecified atom stereocenters. The Morgan fingerprint density at radius 2 is 1.72 bits per heavy atom. The zero-order valence-corrected chi connectivity index (χ0v) is 23.7. The summed E-state index contributed by atoms with van der Waals surface area (Å²) >= 11 is 1.59. The summed E-state index contributed by atoms with van der Waals surface area (Å²) in [5.41, 5.74) is 6.93. The predicted molar refractivity (Wildman–Crippen MR) is 159 cm³/mol. The number of aryl methyl sites for hydroxylation is 2. The summed E-state index contributed by atoms with van der Waals surface area (Å²) in [6.07, 6.45) is 0. The van der Waals surface area contributed by atoms with Gasteiger partial charge in [-0.25, -0.2) is 4.68 Å². The number of hydrogen-bond acceptors (Lipinski definition) is 4. The van der Waals surface area contributed by atoms with Gasteiger partial charge in [0.05, 0.1) is 22.4 Å². The normalized spacial score (nSPS) is 15.3. The molecule has 0 aliphatic carbocycles. The Labute approximate surface area is 234 Å². The van der Waals surface area contributed by atoms with E-state index in [1.807, 2.05) is 60.1 Å². The van der Waals surface area contributed by atoms with Crippen molar-refractivity contribution in [2.75, 3.05) is 23.7 Å². The van der Waals surface area contributed by atoms with E-state index in [-0.39, 0.29) is 29.4 Å². The van der Waals surface area contributed by atoms with Crippen molar-refractivity contribution >= 4 is 29.4 Å². The van der Waals surface area contributed by atoms with E-state index >= 15 is 0 Å². The zero-order chi connectivity index (χ0) is 27.5. The third kappa shape index (κ3) is 5.78. The van der Waals surface area contributed by atoms with E-state index in [2.05, 4.69) is 56.4 Å². The Bertz CT molecular complexity index is 1500. The number of rotatable bonds is 7. The number of carbonyl (C=O) groups is 2. The van der Waals surface area contributed by atoms with Gasteiger partial charge < -0.3 is 5.32 Å². The molecule has 1 atom stereocenters. The highest BCUT2D eigenvalue weighted by Gasteiger charge is 2.37. The molecule has 3 aromatic carbocycles. The van der Waals surface area contributed by atoms with Gasteiger partial charge in [-0.05, 0) is 43.0 Å². The predicted octanol–water partition coefficient (Wildman–Crippen LogP) is 6.10. The van der Waals surface area contributed by atoms with Crippen LogP contribution in [0, 0.1) is 19.8 Å². The molecule has 0 fully saturated rings. The molecule has 7 heteroatoms. The van der Waals surface area contributed by atoms with Crippen molar-refractivity contribution in [2.45, 2.75) is 32.9 Å². The molecule has 200 valence electrons. The van der Waals surface area contributed by atoms with Crippen molar-refractivity contribution in [3.8, 4) is 16.9 Å². The van der Waals surface area contributed by atoms with Gasteiger partial charge in [-0.3, -0.25) is 14.5 Å². The van der Waals surface area contributed by atoms with Crippen molar-refractivity contribution in [3.05, 3.63) is 101 Å². The lowest BCUT2D eigenvalue weighted by molar-refractivity contribution is -0.123. The van der Waals surface area contributed by atoms with Crippen LogP contribution in [0.4, 0.5) is 5.82 Å². The molecule has 0 radical (unpaired) electrons. The maximum Gasteiger partial charge on any atom is 0.240 e. The maximum atomic E-state index is 13.8. The summed E-state index contributed by atoms with van der Waals surface area (Å²) in [7, 11) is 0. The molecule has 1 aliphatic heterocycles. The van der Waals surface area contributed by atoms with Crippen molar-refractivity contribution in [2.24, 2.45) is 5.92 Å². The van der Waals surface area contributed by atoms with Crippen LogP contribution in [-0.2, 0) is 9.59 Å². The second-order valence-electron chi connectivity index (χ2n) is 10.5. The molecule has 0 spiro atoms. The highest BCUT2D eigenvalue weighted by atomic mass is 32.2. The lowest BCUT2D eigenvalue weighted by Crippen LogP contribution is -2.43. The number of thioether (sulfide) groups is 1. The van der Waals surface area contributed by atoms with Gasteiger partial charge in [0.15, 0.2) is 0 Å². The quantitative estimate of drug-likeness (QED) is 0.309. The smallest absolute Gasteiger partial charge is 0.240 e. The molecule has 0 saturated carbocycles. The first-order valence-electron chi connectivity index (χ1n) is 13.3. The van der Waals surface area contributed by atoms with Gasteiger partial charge in [-0.2, -0.15) is 5.10 Å². The Morgan fingerprint density at radius 3 is 2.41 bits per heavy atom. The molecule has 2 heterocycles. The van der Waals surface area contributed by atoms with E-state index in [1.165, 1.54) is 0 Å². The second-order valence-corrected chi connectivity index (χ2v) is 11.6. The lowest BCUT2D eigenvalue weighted by atomic mass is 9.98. The van der Waals surface area contributed by atoms with Gasteiger partial charge in [0.1, 0.15) is 12.4 Å². The number of benzene rings is 3. The summed E-state index contributed by atoms with van der Waals surface area (Å²) in [6.45, 7) is 8.72. The minimum atomic E-state index is -0.180. The summed E-state index contributed by atoms with van der Waals surface area (Å²) < 4.78 is 1.85. The molecule has 1 N–H and O–H groups in total. The lowest BCUT2D eigenvalue weighted by Gasteiger charge is -2.23. The van der Waals surface area contributed by atoms with E-state index in [4.69, 9.17) is 5.10 Å². The van der Waals surface area contributed by atoms with E-state index in [1.54, 1.807) is 16.7 Å². The number of fused-ring (bicyclic) bond motifs is 1. The third-order valence-electron chi connectivity index (χ3n) is 6.74. The monoisotopic (exact) mass is 538 g/mol.